The van der Waals surface area contributed by atoms with Crippen LogP contribution in [0.4, 0.5) is 0 Å². The number of nitrogens with one attached hydrogen (secondary N) is 1. The Hall–Kier alpha value is -4.33. The highest BCUT2D eigenvalue weighted by atomic mass is 16.2. The van der Waals surface area contributed by atoms with E-state index in [0.717, 1.165) is 10.9 Å². The molecule has 0 atom stereocenters. The van der Waals surface area contributed by atoms with Crippen molar-refractivity contribution in [2.24, 2.45) is 0 Å². The number of fused-ring (bicyclic) bond motifs is 2. The van der Waals surface area contributed by atoms with Crippen molar-refractivity contribution in [3.05, 3.63) is 106 Å². The van der Waals surface area contributed by atoms with Gasteiger partial charge >= 0.3 is 0 Å². The van der Waals surface area contributed by atoms with E-state index in [2.05, 4.69) is 20.4 Å². The Bertz CT molecular complexity index is 1500. The minimum atomic E-state index is -0.253. The Labute approximate surface area is 183 Å². The van der Waals surface area contributed by atoms with E-state index >= 15 is 0 Å². The largest absolute Gasteiger partial charge is 0.345 e. The molecular formula is C24H20N6O2. The fraction of sp³-hybridized carbons (Fsp3) is 0.125. The molecule has 0 radical (unpaired) electrons. The van der Waals surface area contributed by atoms with Crippen LogP contribution in [0.5, 0.6) is 0 Å². The van der Waals surface area contributed by atoms with Crippen LogP contribution in [0.2, 0.25) is 0 Å². The number of nitrogens with zero attached hydrogens (tertiary/aromatic N) is 5. The summed E-state index contributed by atoms with van der Waals surface area (Å²) in [5.41, 5.74) is 3.14. The number of carbonyl (C=O) groups excluding carboxylic acids is 1. The molecule has 0 aliphatic carbocycles. The van der Waals surface area contributed by atoms with Gasteiger partial charge in [0.2, 0.25) is 0 Å². The van der Waals surface area contributed by atoms with Crippen molar-refractivity contribution in [1.29, 1.82) is 0 Å². The highest BCUT2D eigenvalue weighted by Crippen LogP contribution is 2.15. The lowest BCUT2D eigenvalue weighted by molar-refractivity contribution is 0.0944. The van der Waals surface area contributed by atoms with Gasteiger partial charge in [-0.3, -0.25) is 19.0 Å². The van der Waals surface area contributed by atoms with Gasteiger partial charge in [0.15, 0.2) is 0 Å². The number of benzene rings is 1. The maximum absolute atomic E-state index is 13.0. The average Bonchev–Trinajstić information content (AvgIpc) is 3.16. The summed E-state index contributed by atoms with van der Waals surface area (Å²) < 4.78 is 3.18. The molecule has 0 spiro atoms. The first-order chi connectivity index (χ1) is 15.6. The van der Waals surface area contributed by atoms with Gasteiger partial charge < -0.3 is 5.32 Å². The molecular weight excluding hydrogens is 404 g/mol. The highest BCUT2D eigenvalue weighted by molar-refractivity contribution is 5.95. The smallest absolute Gasteiger partial charge is 0.274 e. The fourth-order valence-corrected chi connectivity index (χ4v) is 3.84. The van der Waals surface area contributed by atoms with Crippen LogP contribution in [0, 0.1) is 6.92 Å². The Morgan fingerprint density at radius 1 is 1.03 bits per heavy atom. The molecule has 0 unspecified atom stereocenters. The van der Waals surface area contributed by atoms with Crippen LogP contribution in [-0.2, 0) is 13.1 Å². The number of hydrogen-bond acceptors (Lipinski definition) is 5. The third kappa shape index (κ3) is 3.51. The molecule has 0 fully saturated rings. The predicted molar refractivity (Wildman–Crippen MR) is 120 cm³/mol. The van der Waals surface area contributed by atoms with Crippen molar-refractivity contribution in [3.63, 3.8) is 0 Å². The van der Waals surface area contributed by atoms with Crippen molar-refractivity contribution in [2.75, 3.05) is 0 Å². The van der Waals surface area contributed by atoms with E-state index in [1.165, 1.54) is 4.68 Å². The first-order valence-corrected chi connectivity index (χ1v) is 10.2. The molecule has 32 heavy (non-hydrogen) atoms. The second-order valence-electron chi connectivity index (χ2n) is 7.47. The number of aryl methyl sites for hydroxylation is 1. The second-order valence-corrected chi connectivity index (χ2v) is 7.47. The van der Waals surface area contributed by atoms with Crippen LogP contribution in [-0.4, -0.2) is 30.1 Å². The maximum Gasteiger partial charge on any atom is 0.274 e. The zero-order valence-corrected chi connectivity index (χ0v) is 17.4. The van der Waals surface area contributed by atoms with Crippen LogP contribution < -0.4 is 10.9 Å². The van der Waals surface area contributed by atoms with Crippen molar-refractivity contribution in [3.8, 4) is 0 Å². The van der Waals surface area contributed by atoms with Gasteiger partial charge in [0, 0.05) is 24.0 Å². The topological polar surface area (TPSA) is 94.2 Å². The van der Waals surface area contributed by atoms with Gasteiger partial charge in [-0.15, -0.1) is 0 Å². The third-order valence-corrected chi connectivity index (χ3v) is 5.34. The molecule has 0 saturated heterocycles. The molecule has 4 heterocycles. The molecule has 1 N–H and O–H groups in total. The number of carbonyl (C=O) groups is 1. The van der Waals surface area contributed by atoms with E-state index in [4.69, 9.17) is 0 Å². The lowest BCUT2D eigenvalue weighted by atomic mass is 10.1. The van der Waals surface area contributed by atoms with Crippen molar-refractivity contribution in [2.45, 2.75) is 20.0 Å². The van der Waals surface area contributed by atoms with Crippen molar-refractivity contribution >= 4 is 22.3 Å². The van der Waals surface area contributed by atoms with Crippen LogP contribution in [0.15, 0.2) is 78.0 Å². The van der Waals surface area contributed by atoms with Crippen LogP contribution in [0.1, 0.15) is 27.4 Å². The molecule has 1 aromatic carbocycles. The second kappa shape index (κ2) is 8.07. The molecule has 0 aliphatic rings. The van der Waals surface area contributed by atoms with Gasteiger partial charge in [-0.2, -0.15) is 5.10 Å². The predicted octanol–water partition coefficient (Wildman–Crippen LogP) is 2.73. The highest BCUT2D eigenvalue weighted by Gasteiger charge is 2.17. The molecule has 5 rings (SSSR count). The number of pyridine rings is 2. The molecule has 0 aliphatic heterocycles. The number of hydrogen-bond donors (Lipinski definition) is 1. The van der Waals surface area contributed by atoms with Crippen molar-refractivity contribution in [1.82, 2.24) is 29.5 Å². The summed E-state index contributed by atoms with van der Waals surface area (Å²) in [4.78, 5) is 34.6. The van der Waals surface area contributed by atoms with E-state index in [-0.39, 0.29) is 18.0 Å². The molecule has 0 saturated carbocycles. The summed E-state index contributed by atoms with van der Waals surface area (Å²) >= 11 is 0. The number of aromatic nitrogens is 5. The Balaban J connectivity index is 1.49. The van der Waals surface area contributed by atoms with E-state index in [9.17, 15) is 9.59 Å². The molecule has 4 aromatic heterocycles. The van der Waals surface area contributed by atoms with Gasteiger partial charge in [0.1, 0.15) is 11.3 Å². The Morgan fingerprint density at radius 2 is 1.84 bits per heavy atom. The molecule has 1 amide bonds. The lowest BCUT2D eigenvalue weighted by Gasteiger charge is -2.12. The monoisotopic (exact) mass is 424 g/mol. The Kier molecular flexibility index (Phi) is 4.95. The fourth-order valence-electron chi connectivity index (χ4n) is 3.84. The summed E-state index contributed by atoms with van der Waals surface area (Å²) in [6.45, 7) is 2.28. The number of amides is 1. The Morgan fingerprint density at radius 3 is 2.66 bits per heavy atom. The van der Waals surface area contributed by atoms with Crippen molar-refractivity contribution < 1.29 is 4.79 Å². The van der Waals surface area contributed by atoms with Gasteiger partial charge in [-0.25, -0.2) is 9.67 Å². The summed E-state index contributed by atoms with van der Waals surface area (Å²) in [6.07, 6.45) is 5.20. The lowest BCUT2D eigenvalue weighted by Crippen LogP contribution is -2.29. The molecule has 5 aromatic rings. The number of imidazole rings is 1. The van der Waals surface area contributed by atoms with Gasteiger partial charge in [-0.1, -0.05) is 30.3 Å². The summed E-state index contributed by atoms with van der Waals surface area (Å²) in [7, 11) is 0. The average molecular weight is 424 g/mol. The number of rotatable bonds is 5. The van der Waals surface area contributed by atoms with Crippen LogP contribution in [0.25, 0.3) is 16.4 Å². The summed E-state index contributed by atoms with van der Waals surface area (Å²) in [5, 5.41) is 8.79. The first kappa shape index (κ1) is 19.6. The van der Waals surface area contributed by atoms with Crippen LogP contribution >= 0.6 is 0 Å². The van der Waals surface area contributed by atoms with Gasteiger partial charge in [0.25, 0.3) is 11.5 Å². The summed E-state index contributed by atoms with van der Waals surface area (Å²) in [6, 6.07) is 16.6. The molecule has 0 bridgehead atoms. The van der Waals surface area contributed by atoms with E-state index in [0.29, 0.717) is 34.7 Å². The third-order valence-electron chi connectivity index (χ3n) is 5.34. The molecule has 158 valence electrons. The van der Waals surface area contributed by atoms with E-state index in [1.807, 2.05) is 61.7 Å². The van der Waals surface area contributed by atoms with E-state index < -0.39 is 0 Å². The van der Waals surface area contributed by atoms with Crippen LogP contribution in [0.3, 0.4) is 0 Å². The zero-order chi connectivity index (χ0) is 22.1. The summed E-state index contributed by atoms with van der Waals surface area (Å²) in [5.74, 6) is -0.253. The van der Waals surface area contributed by atoms with Gasteiger partial charge in [-0.05, 0) is 36.8 Å². The first-order valence-electron chi connectivity index (χ1n) is 10.2. The zero-order valence-electron chi connectivity index (χ0n) is 17.4. The SMILES string of the molecule is Cc1nc2ccccn2c1C(=O)NCc1nn(Cc2cccnc2)c(=O)c2ccccc12. The van der Waals surface area contributed by atoms with E-state index in [1.54, 1.807) is 22.9 Å². The quantitative estimate of drug-likeness (QED) is 0.468. The maximum atomic E-state index is 13.0. The minimum Gasteiger partial charge on any atom is -0.345 e. The molecule has 8 heteroatoms. The normalized spacial score (nSPS) is 11.2. The minimum absolute atomic E-state index is 0.173. The van der Waals surface area contributed by atoms with Gasteiger partial charge in [0.05, 0.1) is 29.9 Å². The standard InChI is InChI=1S/C24H20N6O2/c1-16-22(29-12-5-4-10-21(29)27-16)23(31)26-14-20-18-8-2-3-9-19(18)24(32)30(28-20)15-17-7-6-11-25-13-17/h2-13H,14-15H2,1H3,(H,26,31). The molecule has 8 nitrogen and oxygen atoms in total.